The lowest BCUT2D eigenvalue weighted by Crippen LogP contribution is -2.28. The summed E-state index contributed by atoms with van der Waals surface area (Å²) in [6.45, 7) is 0.856. The zero-order valence-electron chi connectivity index (χ0n) is 11.5. The lowest BCUT2D eigenvalue weighted by Gasteiger charge is -2.11. The lowest BCUT2D eigenvalue weighted by molar-refractivity contribution is -0.757. The number of benzene rings is 1. The molecule has 1 aromatic rings. The van der Waals surface area contributed by atoms with Gasteiger partial charge in [0.15, 0.2) is 0 Å². The Bertz CT molecular complexity index is 544. The second-order valence-electron chi connectivity index (χ2n) is 3.77. The molecule has 0 saturated heterocycles. The van der Waals surface area contributed by atoms with E-state index >= 15 is 0 Å². The van der Waals surface area contributed by atoms with Crippen LogP contribution in [0.15, 0.2) is 18.2 Å². The number of carbonyl (C=O) groups is 2. The third kappa shape index (κ3) is 5.35. The largest absolute Gasteiger partial charge is 0.497 e. The Kier molecular flexibility index (Phi) is 5.93. The summed E-state index contributed by atoms with van der Waals surface area (Å²) in [6.07, 6.45) is 0. The molecule has 0 saturated carbocycles. The molecule has 0 aliphatic heterocycles. The van der Waals surface area contributed by atoms with Gasteiger partial charge in [0.25, 0.3) is 11.0 Å². The maximum absolute atomic E-state index is 11.9. The molecule has 0 fully saturated rings. The lowest BCUT2D eigenvalue weighted by atomic mass is 10.1. The van der Waals surface area contributed by atoms with Gasteiger partial charge in [0.1, 0.15) is 18.1 Å². The van der Waals surface area contributed by atoms with Crippen LogP contribution in [0.4, 0.5) is 0 Å². The van der Waals surface area contributed by atoms with E-state index in [9.17, 15) is 19.7 Å². The van der Waals surface area contributed by atoms with E-state index in [0.29, 0.717) is 5.75 Å². The summed E-state index contributed by atoms with van der Waals surface area (Å²) in [6, 6.07) is 4.33. The number of amides is 1. The van der Waals surface area contributed by atoms with Crippen LogP contribution in [0.25, 0.3) is 0 Å². The topological polar surface area (TPSA) is 117 Å². The van der Waals surface area contributed by atoms with Gasteiger partial charge in [-0.05, 0) is 12.1 Å². The van der Waals surface area contributed by atoms with E-state index in [4.69, 9.17) is 9.47 Å². The highest BCUT2D eigenvalue weighted by Crippen LogP contribution is 2.25. The Morgan fingerprint density at radius 2 is 2.10 bits per heavy atom. The first-order valence-corrected chi connectivity index (χ1v) is 5.86. The van der Waals surface area contributed by atoms with Gasteiger partial charge in [-0.25, -0.2) is 0 Å². The number of hydrogen-bond donors (Lipinski definition) is 1. The van der Waals surface area contributed by atoms with Crippen LogP contribution in [0.5, 0.6) is 11.5 Å². The Morgan fingerprint density at radius 3 is 2.67 bits per heavy atom. The fraction of sp³-hybridized carbons (Fsp3) is 0.333. The van der Waals surface area contributed by atoms with Crippen LogP contribution in [0.1, 0.15) is 17.3 Å². The van der Waals surface area contributed by atoms with Gasteiger partial charge in [-0.3, -0.25) is 9.59 Å². The number of nitrogens with one attached hydrogen (secondary N) is 1. The van der Waals surface area contributed by atoms with E-state index in [2.05, 4.69) is 10.2 Å². The van der Waals surface area contributed by atoms with Gasteiger partial charge >= 0.3 is 5.97 Å². The van der Waals surface area contributed by atoms with E-state index < -0.39 is 17.0 Å². The summed E-state index contributed by atoms with van der Waals surface area (Å²) >= 11 is 0. The fourth-order valence-electron chi connectivity index (χ4n) is 1.44. The highest BCUT2D eigenvalue weighted by molar-refractivity contribution is 5.97. The van der Waals surface area contributed by atoms with Gasteiger partial charge in [0.2, 0.25) is 0 Å². The number of methoxy groups -OCH3 is 1. The van der Waals surface area contributed by atoms with Gasteiger partial charge in [-0.2, -0.15) is 0 Å². The molecule has 0 bridgehead atoms. The molecule has 0 aliphatic rings. The molecule has 1 N–H and O–H groups in total. The van der Waals surface area contributed by atoms with E-state index in [1.165, 1.54) is 32.2 Å². The van der Waals surface area contributed by atoms with Crippen LogP contribution >= 0.6 is 0 Å². The zero-order chi connectivity index (χ0) is 15.8. The predicted octanol–water partition coefficient (Wildman–Crippen LogP) is 0.559. The van der Waals surface area contributed by atoms with Crippen molar-refractivity contribution < 1.29 is 29.0 Å². The van der Waals surface area contributed by atoms with Crippen molar-refractivity contribution in [3.63, 3.8) is 0 Å². The van der Waals surface area contributed by atoms with Crippen LogP contribution < -0.4 is 14.8 Å². The summed E-state index contributed by atoms with van der Waals surface area (Å²) in [5.41, 5.74) is 0.104. The molecular formula is C12H14N2O7. The number of rotatable bonds is 7. The molecule has 0 unspecified atom stereocenters. The summed E-state index contributed by atoms with van der Waals surface area (Å²) in [7, 11) is 1.43. The van der Waals surface area contributed by atoms with E-state index in [1.54, 1.807) is 0 Å². The molecule has 0 radical (unpaired) electrons. The molecule has 9 heteroatoms. The quantitative estimate of drug-likeness (QED) is 0.257. The first-order chi connectivity index (χ1) is 9.93. The molecule has 114 valence electrons. The molecule has 21 heavy (non-hydrogen) atoms. The average Bonchev–Trinajstić information content (AvgIpc) is 2.42. The van der Waals surface area contributed by atoms with Crippen LogP contribution in [0.2, 0.25) is 0 Å². The monoisotopic (exact) mass is 298 g/mol. The highest BCUT2D eigenvalue weighted by atomic mass is 16.9. The molecular weight excluding hydrogens is 284 g/mol. The summed E-state index contributed by atoms with van der Waals surface area (Å²) in [5.74, 6) is -0.691. The fourth-order valence-corrected chi connectivity index (χ4v) is 1.44. The number of hydrogen-bond acceptors (Lipinski definition) is 7. The molecule has 0 heterocycles. The van der Waals surface area contributed by atoms with Crippen molar-refractivity contribution in [2.24, 2.45) is 0 Å². The van der Waals surface area contributed by atoms with E-state index in [0.717, 1.165) is 0 Å². The van der Waals surface area contributed by atoms with Crippen LogP contribution in [0, 0.1) is 10.1 Å². The third-order valence-electron chi connectivity index (χ3n) is 2.27. The van der Waals surface area contributed by atoms with Gasteiger partial charge in [0, 0.05) is 19.5 Å². The van der Waals surface area contributed by atoms with Crippen molar-refractivity contribution in [1.29, 1.82) is 0 Å². The van der Waals surface area contributed by atoms with Crippen molar-refractivity contribution in [3.8, 4) is 11.5 Å². The van der Waals surface area contributed by atoms with Crippen molar-refractivity contribution in [2.45, 2.75) is 6.92 Å². The second kappa shape index (κ2) is 7.68. The minimum absolute atomic E-state index is 0.0366. The Balaban J connectivity index is 2.77. The smallest absolute Gasteiger partial charge is 0.308 e. The highest BCUT2D eigenvalue weighted by Gasteiger charge is 2.15. The standard InChI is InChI=1S/C12H14N2O7/c1-8(15)21-11-7-9(19-2)3-4-10(11)12(16)13-5-6-20-14(17)18/h3-4,7H,5-6H2,1-2H3,(H,13,16). The number of esters is 1. The second-order valence-corrected chi connectivity index (χ2v) is 3.77. The minimum atomic E-state index is -0.955. The van der Waals surface area contributed by atoms with E-state index in [1.807, 2.05) is 0 Å². The molecule has 9 nitrogen and oxygen atoms in total. The molecule has 0 spiro atoms. The summed E-state index contributed by atoms with van der Waals surface area (Å²) in [5, 5.41) is 11.4. The normalized spacial score (nSPS) is 9.62. The average molecular weight is 298 g/mol. The Hall–Kier alpha value is -2.84. The molecule has 1 rings (SSSR count). The molecule has 0 aromatic heterocycles. The Labute approximate surface area is 119 Å². The van der Waals surface area contributed by atoms with Crippen molar-refractivity contribution in [3.05, 3.63) is 33.9 Å². The molecule has 0 atom stereocenters. The van der Waals surface area contributed by atoms with Gasteiger partial charge in [-0.1, -0.05) is 0 Å². The van der Waals surface area contributed by atoms with Crippen molar-refractivity contribution in [2.75, 3.05) is 20.3 Å². The van der Waals surface area contributed by atoms with Crippen LogP contribution in [-0.2, 0) is 9.63 Å². The van der Waals surface area contributed by atoms with E-state index in [-0.39, 0.29) is 24.5 Å². The summed E-state index contributed by atoms with van der Waals surface area (Å²) in [4.78, 5) is 37.0. The maximum atomic E-state index is 11.9. The van der Waals surface area contributed by atoms with Crippen LogP contribution in [-0.4, -0.2) is 37.2 Å². The van der Waals surface area contributed by atoms with Crippen molar-refractivity contribution in [1.82, 2.24) is 5.32 Å². The zero-order valence-corrected chi connectivity index (χ0v) is 11.5. The molecule has 0 aliphatic carbocycles. The van der Waals surface area contributed by atoms with Crippen LogP contribution in [0.3, 0.4) is 0 Å². The third-order valence-corrected chi connectivity index (χ3v) is 2.27. The predicted molar refractivity (Wildman–Crippen MR) is 69.6 cm³/mol. The SMILES string of the molecule is COc1ccc(C(=O)NCCO[N+](=O)[O-])c(OC(C)=O)c1. The summed E-state index contributed by atoms with van der Waals surface area (Å²) < 4.78 is 9.91. The van der Waals surface area contributed by atoms with Crippen molar-refractivity contribution >= 4 is 11.9 Å². The van der Waals surface area contributed by atoms with Gasteiger partial charge in [-0.15, -0.1) is 10.1 Å². The number of nitrogens with zero attached hydrogens (tertiary/aromatic N) is 1. The molecule has 1 amide bonds. The van der Waals surface area contributed by atoms with Gasteiger partial charge in [0.05, 0.1) is 12.7 Å². The Morgan fingerprint density at radius 1 is 1.38 bits per heavy atom. The number of carbonyl (C=O) groups excluding carboxylic acids is 2. The number of ether oxygens (including phenoxy) is 2. The first-order valence-electron chi connectivity index (χ1n) is 5.86. The minimum Gasteiger partial charge on any atom is -0.497 e. The molecule has 1 aromatic carbocycles. The van der Waals surface area contributed by atoms with Gasteiger partial charge < -0.3 is 19.6 Å². The maximum Gasteiger partial charge on any atom is 0.308 e. The first kappa shape index (κ1) is 16.2.